The van der Waals surface area contributed by atoms with Gasteiger partial charge in [-0.15, -0.1) is 6.42 Å². The molecule has 7 atom stereocenters. The van der Waals surface area contributed by atoms with Crippen LogP contribution in [0.15, 0.2) is 16.7 Å². The van der Waals surface area contributed by atoms with Gasteiger partial charge in [-0.3, -0.25) is 0 Å². The minimum atomic E-state index is -0.884. The molecule has 0 spiro atoms. The first-order valence-electron chi connectivity index (χ1n) is 10.2. The zero-order valence-corrected chi connectivity index (χ0v) is 15.6. The van der Waals surface area contributed by atoms with Crippen LogP contribution in [0.3, 0.4) is 0 Å². The van der Waals surface area contributed by atoms with Crippen LogP contribution in [0.5, 0.6) is 0 Å². The third-order valence-electron chi connectivity index (χ3n) is 9.30. The molecule has 1 N–H and O–H groups in total. The van der Waals surface area contributed by atoms with E-state index in [2.05, 4.69) is 25.8 Å². The lowest BCUT2D eigenvalue weighted by atomic mass is 9.44. The van der Waals surface area contributed by atoms with Gasteiger partial charge in [0.15, 0.2) is 0 Å². The maximum atomic E-state index is 11.1. The first-order valence-corrected chi connectivity index (χ1v) is 10.2. The monoisotopic (exact) mass is 338 g/mol. The second-order valence-corrected chi connectivity index (χ2v) is 9.91. The Bertz CT molecular complexity index is 742. The van der Waals surface area contributed by atoms with E-state index in [1.54, 1.807) is 0 Å². The van der Waals surface area contributed by atoms with E-state index in [0.29, 0.717) is 11.3 Å². The van der Waals surface area contributed by atoms with Crippen molar-refractivity contribution < 1.29 is 9.52 Å². The molecule has 3 saturated carbocycles. The number of hydrogen-bond acceptors (Lipinski definition) is 2. The van der Waals surface area contributed by atoms with Crippen LogP contribution in [0.1, 0.15) is 63.7 Å². The van der Waals surface area contributed by atoms with Crippen molar-refractivity contribution in [2.24, 2.45) is 34.5 Å². The molecule has 0 amide bonds. The summed E-state index contributed by atoms with van der Waals surface area (Å²) in [7, 11) is 0. The van der Waals surface area contributed by atoms with E-state index in [1.165, 1.54) is 37.0 Å². The molecule has 0 radical (unpaired) electrons. The van der Waals surface area contributed by atoms with Crippen LogP contribution in [0.4, 0.5) is 0 Å². The average Bonchev–Trinajstić information content (AvgIpc) is 3.14. The molecule has 1 heterocycles. The van der Waals surface area contributed by atoms with Crippen LogP contribution in [0.2, 0.25) is 0 Å². The summed E-state index contributed by atoms with van der Waals surface area (Å²) in [5.74, 6) is 6.88. The van der Waals surface area contributed by atoms with Crippen LogP contribution in [-0.2, 0) is 12.8 Å². The van der Waals surface area contributed by atoms with E-state index in [9.17, 15) is 5.11 Å². The van der Waals surface area contributed by atoms with Gasteiger partial charge in [0.2, 0.25) is 0 Å². The highest BCUT2D eigenvalue weighted by Crippen LogP contribution is 2.67. The molecule has 134 valence electrons. The lowest BCUT2D eigenvalue weighted by Gasteiger charge is -2.60. The van der Waals surface area contributed by atoms with Crippen LogP contribution < -0.4 is 0 Å². The maximum absolute atomic E-state index is 11.1. The van der Waals surface area contributed by atoms with Crippen molar-refractivity contribution in [3.8, 4) is 12.3 Å². The summed E-state index contributed by atoms with van der Waals surface area (Å²) >= 11 is 0. The molecule has 4 aliphatic rings. The lowest BCUT2D eigenvalue weighted by Crippen LogP contribution is -2.56. The molecular formula is C23H30O2. The van der Waals surface area contributed by atoms with Gasteiger partial charge in [0, 0.05) is 11.8 Å². The van der Waals surface area contributed by atoms with E-state index in [4.69, 9.17) is 10.8 Å². The number of terminal acetylenes is 1. The Labute approximate surface area is 151 Å². The fraction of sp³-hybridized carbons (Fsp3) is 0.739. The molecule has 0 bridgehead atoms. The smallest absolute Gasteiger partial charge is 0.130 e. The van der Waals surface area contributed by atoms with Crippen molar-refractivity contribution in [1.82, 2.24) is 0 Å². The zero-order chi connectivity index (χ0) is 17.4. The van der Waals surface area contributed by atoms with E-state index in [1.807, 2.05) is 6.26 Å². The molecule has 2 nitrogen and oxygen atoms in total. The van der Waals surface area contributed by atoms with Gasteiger partial charge in [-0.05, 0) is 85.7 Å². The van der Waals surface area contributed by atoms with Gasteiger partial charge >= 0.3 is 0 Å². The van der Waals surface area contributed by atoms with Crippen LogP contribution in [0.25, 0.3) is 0 Å². The minimum Gasteiger partial charge on any atom is -0.469 e. The quantitative estimate of drug-likeness (QED) is 0.701. The summed E-state index contributed by atoms with van der Waals surface area (Å²) in [4.78, 5) is 0. The maximum Gasteiger partial charge on any atom is 0.130 e. The SMILES string of the molecule is C#C[C@@]1(O)CC[C@H]2[C@@H]3CC[C@H]4Cc5occc5C[C@]4(C)[C@H]3CC[C@@]21C. The Hall–Kier alpha value is -1.20. The van der Waals surface area contributed by atoms with Crippen molar-refractivity contribution in [3.63, 3.8) is 0 Å². The predicted octanol–water partition coefficient (Wildman–Crippen LogP) is 4.60. The number of hydrogen-bond donors (Lipinski definition) is 1. The Morgan fingerprint density at radius 2 is 1.96 bits per heavy atom. The Morgan fingerprint density at radius 1 is 1.16 bits per heavy atom. The van der Waals surface area contributed by atoms with Gasteiger partial charge in [0.1, 0.15) is 11.4 Å². The molecule has 1 aromatic heterocycles. The Kier molecular flexibility index (Phi) is 3.17. The summed E-state index contributed by atoms with van der Waals surface area (Å²) in [6.45, 7) is 4.83. The van der Waals surface area contributed by atoms with Crippen LogP contribution in [0, 0.1) is 46.8 Å². The van der Waals surface area contributed by atoms with Gasteiger partial charge in [0.05, 0.1) is 6.26 Å². The van der Waals surface area contributed by atoms with Gasteiger partial charge < -0.3 is 9.52 Å². The van der Waals surface area contributed by atoms with Crippen molar-refractivity contribution in [2.75, 3.05) is 0 Å². The second kappa shape index (κ2) is 4.95. The highest BCUT2D eigenvalue weighted by Gasteiger charge is 2.64. The Balaban J connectivity index is 1.50. The van der Waals surface area contributed by atoms with E-state index in [-0.39, 0.29) is 5.41 Å². The van der Waals surface area contributed by atoms with Gasteiger partial charge in [-0.25, -0.2) is 0 Å². The highest BCUT2D eigenvalue weighted by molar-refractivity contribution is 5.28. The van der Waals surface area contributed by atoms with E-state index >= 15 is 0 Å². The molecule has 3 fully saturated rings. The van der Waals surface area contributed by atoms with Crippen molar-refractivity contribution in [2.45, 2.75) is 70.8 Å². The lowest BCUT2D eigenvalue weighted by molar-refractivity contribution is -0.128. The molecule has 0 saturated heterocycles. The fourth-order valence-corrected chi connectivity index (χ4v) is 7.74. The topological polar surface area (TPSA) is 33.4 Å². The number of fused-ring (bicyclic) bond motifs is 6. The summed E-state index contributed by atoms with van der Waals surface area (Å²) in [5.41, 5.74) is 0.865. The second-order valence-electron chi connectivity index (χ2n) is 9.91. The molecule has 0 aliphatic heterocycles. The van der Waals surface area contributed by atoms with Crippen molar-refractivity contribution in [3.05, 3.63) is 23.7 Å². The van der Waals surface area contributed by atoms with E-state index in [0.717, 1.165) is 43.4 Å². The molecular weight excluding hydrogens is 308 g/mol. The molecule has 2 heteroatoms. The standard InChI is InChI=1S/C23H30O2/c1-4-23(24)11-8-19-17-6-5-16-13-20-15(9-12-25-20)14-21(16,2)18(17)7-10-22(19,23)3/h1,9,12,16-19,24H,5-8,10-11,13-14H2,2-3H3/t16-,17+,18-,19-,21-,22-,23+/m0/s1. The average molecular weight is 338 g/mol. The Morgan fingerprint density at radius 3 is 2.76 bits per heavy atom. The van der Waals surface area contributed by atoms with E-state index < -0.39 is 5.60 Å². The minimum absolute atomic E-state index is 0.0818. The predicted molar refractivity (Wildman–Crippen MR) is 97.8 cm³/mol. The first-order chi connectivity index (χ1) is 11.9. The van der Waals surface area contributed by atoms with Gasteiger partial charge in [-0.2, -0.15) is 0 Å². The first kappa shape index (κ1) is 16.0. The summed E-state index contributed by atoms with van der Waals surface area (Å²) in [6.07, 6.45) is 16.8. The largest absolute Gasteiger partial charge is 0.469 e. The number of rotatable bonds is 0. The zero-order valence-electron chi connectivity index (χ0n) is 15.6. The summed E-state index contributed by atoms with van der Waals surface area (Å²) in [5, 5.41) is 11.1. The molecule has 4 aliphatic carbocycles. The molecule has 1 aromatic rings. The normalized spacial score (nSPS) is 51.0. The molecule has 0 aromatic carbocycles. The summed E-state index contributed by atoms with van der Waals surface area (Å²) in [6, 6.07) is 2.19. The molecule has 0 unspecified atom stereocenters. The number of aliphatic hydroxyl groups is 1. The summed E-state index contributed by atoms with van der Waals surface area (Å²) < 4.78 is 5.76. The third kappa shape index (κ3) is 1.86. The van der Waals surface area contributed by atoms with Crippen LogP contribution >= 0.6 is 0 Å². The fourth-order valence-electron chi connectivity index (χ4n) is 7.74. The van der Waals surface area contributed by atoms with Gasteiger partial charge in [-0.1, -0.05) is 19.8 Å². The third-order valence-corrected chi connectivity index (χ3v) is 9.30. The van der Waals surface area contributed by atoms with Crippen LogP contribution in [-0.4, -0.2) is 10.7 Å². The van der Waals surface area contributed by atoms with Crippen molar-refractivity contribution >= 4 is 0 Å². The number of furan rings is 1. The molecule has 5 rings (SSSR count). The van der Waals surface area contributed by atoms with Crippen molar-refractivity contribution in [1.29, 1.82) is 0 Å². The van der Waals surface area contributed by atoms with Gasteiger partial charge in [0.25, 0.3) is 0 Å². The molecule has 25 heavy (non-hydrogen) atoms. The highest BCUT2D eigenvalue weighted by atomic mass is 16.3.